The number of hydrogen-bond donors (Lipinski definition) is 1. The number of benzene rings is 2. The molecule has 21 heavy (non-hydrogen) atoms. The predicted octanol–water partition coefficient (Wildman–Crippen LogP) is 4.13. The van der Waals surface area contributed by atoms with Crippen LogP contribution in [0.5, 0.6) is 0 Å². The van der Waals surface area contributed by atoms with Crippen LogP contribution < -0.4 is 0 Å². The van der Waals surface area contributed by atoms with Crippen LogP contribution in [0.15, 0.2) is 46.9 Å². The average molecular weight is 292 g/mol. The lowest BCUT2D eigenvalue weighted by atomic mass is 10.1. The molecule has 0 radical (unpaired) electrons. The van der Waals surface area contributed by atoms with Gasteiger partial charge in [0.05, 0.1) is 0 Å². The van der Waals surface area contributed by atoms with E-state index in [1.165, 1.54) is 30.3 Å². The van der Waals surface area contributed by atoms with Gasteiger partial charge in [-0.05, 0) is 23.8 Å². The Morgan fingerprint density at radius 3 is 2.48 bits per heavy atom. The van der Waals surface area contributed by atoms with E-state index in [1.54, 1.807) is 6.07 Å². The zero-order valence-corrected chi connectivity index (χ0v) is 10.8. The molecule has 0 spiro atoms. The molecular weight excluding hydrogens is 281 g/mol. The van der Waals surface area contributed by atoms with E-state index in [4.69, 9.17) is 4.42 Å². The number of rotatable bonds is 3. The summed E-state index contributed by atoms with van der Waals surface area (Å²) in [6, 6.07) is 9.64. The maximum atomic E-state index is 13.6. The van der Waals surface area contributed by atoms with Crippen LogP contribution in [0.4, 0.5) is 13.2 Å². The summed E-state index contributed by atoms with van der Waals surface area (Å²) < 4.78 is 45.5. The van der Waals surface area contributed by atoms with Gasteiger partial charge in [-0.2, -0.15) is 0 Å². The summed E-state index contributed by atoms with van der Waals surface area (Å²) in [4.78, 5) is 0. The van der Waals surface area contributed by atoms with E-state index in [9.17, 15) is 18.3 Å². The van der Waals surface area contributed by atoms with Gasteiger partial charge in [0.25, 0.3) is 0 Å². The molecule has 1 aromatic heterocycles. The second-order valence-corrected chi connectivity index (χ2v) is 4.74. The minimum absolute atomic E-state index is 0.0310. The highest BCUT2D eigenvalue weighted by Gasteiger charge is 2.18. The van der Waals surface area contributed by atoms with E-state index >= 15 is 0 Å². The number of hydrogen-bond acceptors (Lipinski definition) is 2. The number of aliphatic hydroxyl groups excluding tert-OH is 1. The zero-order valence-electron chi connectivity index (χ0n) is 10.8. The van der Waals surface area contributed by atoms with Crippen LogP contribution in [0.3, 0.4) is 0 Å². The molecule has 0 amide bonds. The Bertz CT molecular complexity index is 795. The van der Waals surface area contributed by atoms with Gasteiger partial charge in [-0.15, -0.1) is 0 Å². The van der Waals surface area contributed by atoms with Crippen LogP contribution in [-0.4, -0.2) is 5.11 Å². The number of aliphatic hydroxyl groups is 1. The first kappa shape index (κ1) is 13.7. The van der Waals surface area contributed by atoms with Crippen molar-refractivity contribution in [3.8, 4) is 0 Å². The Balaban J connectivity index is 1.92. The van der Waals surface area contributed by atoms with E-state index in [0.717, 1.165) is 6.07 Å². The molecule has 0 aliphatic rings. The molecule has 2 aromatic carbocycles. The third-order valence-electron chi connectivity index (χ3n) is 3.29. The Hall–Kier alpha value is -2.27. The molecule has 1 heterocycles. The highest BCUT2D eigenvalue weighted by Crippen LogP contribution is 2.28. The van der Waals surface area contributed by atoms with Crippen molar-refractivity contribution in [2.75, 3.05) is 0 Å². The van der Waals surface area contributed by atoms with Crippen molar-refractivity contribution < 1.29 is 22.7 Å². The van der Waals surface area contributed by atoms with Gasteiger partial charge in [0, 0.05) is 11.8 Å². The van der Waals surface area contributed by atoms with E-state index in [0.29, 0.717) is 5.39 Å². The first-order chi connectivity index (χ1) is 10.1. The molecule has 2 nitrogen and oxygen atoms in total. The summed E-state index contributed by atoms with van der Waals surface area (Å²) in [7, 11) is 0. The molecule has 0 aliphatic heterocycles. The van der Waals surface area contributed by atoms with Crippen LogP contribution >= 0.6 is 0 Å². The fourth-order valence-corrected chi connectivity index (χ4v) is 2.23. The molecule has 0 fully saturated rings. The van der Waals surface area contributed by atoms with Gasteiger partial charge in [0.2, 0.25) is 0 Å². The SMILES string of the molecule is OC(Cc1cccc(F)c1F)c1cc2cccc(F)c2o1. The Morgan fingerprint density at radius 2 is 1.71 bits per heavy atom. The summed E-state index contributed by atoms with van der Waals surface area (Å²) in [6.07, 6.45) is -1.35. The Labute approximate surface area is 118 Å². The second kappa shape index (κ2) is 5.26. The van der Waals surface area contributed by atoms with Crippen LogP contribution in [0.25, 0.3) is 11.0 Å². The van der Waals surface area contributed by atoms with Crippen LogP contribution in [-0.2, 0) is 6.42 Å². The smallest absolute Gasteiger partial charge is 0.170 e. The maximum absolute atomic E-state index is 13.6. The minimum Gasteiger partial charge on any atom is -0.455 e. The molecule has 0 aliphatic carbocycles. The quantitative estimate of drug-likeness (QED) is 0.787. The summed E-state index contributed by atoms with van der Waals surface area (Å²) in [5, 5.41) is 10.6. The lowest BCUT2D eigenvalue weighted by Crippen LogP contribution is -2.03. The van der Waals surface area contributed by atoms with Crippen molar-refractivity contribution in [2.45, 2.75) is 12.5 Å². The molecule has 0 bridgehead atoms. The molecule has 108 valence electrons. The fourth-order valence-electron chi connectivity index (χ4n) is 2.23. The Kier molecular flexibility index (Phi) is 3.43. The number of fused-ring (bicyclic) bond motifs is 1. The molecule has 1 atom stereocenters. The molecule has 3 aromatic rings. The minimum atomic E-state index is -1.19. The van der Waals surface area contributed by atoms with Crippen molar-refractivity contribution in [1.82, 2.24) is 0 Å². The largest absolute Gasteiger partial charge is 0.455 e. The molecule has 1 unspecified atom stereocenters. The highest BCUT2D eigenvalue weighted by molar-refractivity contribution is 5.78. The normalized spacial score (nSPS) is 12.8. The van der Waals surface area contributed by atoms with Crippen molar-refractivity contribution >= 4 is 11.0 Å². The van der Waals surface area contributed by atoms with Gasteiger partial charge >= 0.3 is 0 Å². The lowest BCUT2D eigenvalue weighted by Gasteiger charge is -2.08. The van der Waals surface area contributed by atoms with Gasteiger partial charge in [-0.25, -0.2) is 13.2 Å². The summed E-state index contributed by atoms with van der Waals surface area (Å²) in [6.45, 7) is 0. The van der Waals surface area contributed by atoms with Crippen molar-refractivity contribution in [3.05, 3.63) is 71.2 Å². The van der Waals surface area contributed by atoms with E-state index < -0.39 is 23.6 Å². The topological polar surface area (TPSA) is 33.4 Å². The van der Waals surface area contributed by atoms with Gasteiger partial charge in [-0.1, -0.05) is 24.3 Å². The fraction of sp³-hybridized carbons (Fsp3) is 0.125. The Morgan fingerprint density at radius 1 is 1.00 bits per heavy atom. The van der Waals surface area contributed by atoms with Crippen LogP contribution in [0.2, 0.25) is 0 Å². The third kappa shape index (κ3) is 2.52. The monoisotopic (exact) mass is 292 g/mol. The molecule has 0 saturated carbocycles. The molecule has 0 saturated heterocycles. The molecule has 5 heteroatoms. The third-order valence-corrected chi connectivity index (χ3v) is 3.29. The van der Waals surface area contributed by atoms with Crippen molar-refractivity contribution in [2.24, 2.45) is 0 Å². The van der Waals surface area contributed by atoms with Gasteiger partial charge in [-0.3, -0.25) is 0 Å². The van der Waals surface area contributed by atoms with Gasteiger partial charge in [0.15, 0.2) is 23.0 Å². The number of halogens is 3. The second-order valence-electron chi connectivity index (χ2n) is 4.74. The van der Waals surface area contributed by atoms with Crippen LogP contribution in [0, 0.1) is 17.5 Å². The van der Waals surface area contributed by atoms with Gasteiger partial charge < -0.3 is 9.52 Å². The molecule has 1 N–H and O–H groups in total. The van der Waals surface area contributed by atoms with Gasteiger partial charge in [0.1, 0.15) is 11.9 Å². The summed E-state index contributed by atoms with van der Waals surface area (Å²) in [5.74, 6) is -2.41. The number of furan rings is 1. The first-order valence-electron chi connectivity index (χ1n) is 6.35. The standard InChI is InChI=1S/C16H11F3O2/c17-11-5-1-3-9(15(11)19)7-13(20)14-8-10-4-2-6-12(18)16(10)21-14/h1-6,8,13,20H,7H2. The van der Waals surface area contributed by atoms with E-state index in [2.05, 4.69) is 0 Å². The van der Waals surface area contributed by atoms with Crippen molar-refractivity contribution in [3.63, 3.8) is 0 Å². The predicted molar refractivity (Wildman–Crippen MR) is 71.2 cm³/mol. The molecular formula is C16H11F3O2. The first-order valence-corrected chi connectivity index (χ1v) is 6.35. The average Bonchev–Trinajstić information content (AvgIpc) is 2.89. The van der Waals surface area contributed by atoms with E-state index in [1.807, 2.05) is 0 Å². The van der Waals surface area contributed by atoms with Crippen molar-refractivity contribution in [1.29, 1.82) is 0 Å². The van der Waals surface area contributed by atoms with Crippen LogP contribution in [0.1, 0.15) is 17.4 Å². The van der Waals surface area contributed by atoms with E-state index in [-0.39, 0.29) is 23.3 Å². The number of para-hydroxylation sites is 1. The highest BCUT2D eigenvalue weighted by atomic mass is 19.2. The molecule has 3 rings (SSSR count). The lowest BCUT2D eigenvalue weighted by molar-refractivity contribution is 0.151. The maximum Gasteiger partial charge on any atom is 0.170 e. The summed E-state index contributed by atoms with van der Waals surface area (Å²) >= 11 is 0. The summed E-state index contributed by atoms with van der Waals surface area (Å²) in [5.41, 5.74) is 0.0645. The zero-order chi connectivity index (χ0) is 15.0.